The summed E-state index contributed by atoms with van der Waals surface area (Å²) < 4.78 is 0. The van der Waals surface area contributed by atoms with E-state index in [1.54, 1.807) is 11.0 Å². The third-order valence-corrected chi connectivity index (χ3v) is 5.06. The Labute approximate surface area is 159 Å². The van der Waals surface area contributed by atoms with Gasteiger partial charge in [-0.05, 0) is 62.1 Å². The molecule has 1 amide bonds. The van der Waals surface area contributed by atoms with Crippen LogP contribution < -0.4 is 10.2 Å². The Morgan fingerprint density at radius 1 is 1.04 bits per heavy atom. The highest BCUT2D eigenvalue weighted by atomic mass is 16.2. The Kier molecular flexibility index (Phi) is 4.36. The van der Waals surface area contributed by atoms with Crippen LogP contribution in [0.1, 0.15) is 32.9 Å². The zero-order valence-electron chi connectivity index (χ0n) is 15.8. The van der Waals surface area contributed by atoms with Gasteiger partial charge in [0.05, 0.1) is 0 Å². The number of hydrogen-bond acceptors (Lipinski definition) is 4. The van der Waals surface area contributed by atoms with Gasteiger partial charge in [-0.3, -0.25) is 4.79 Å². The fraction of sp³-hybridized carbons (Fsp3) is 0.227. The van der Waals surface area contributed by atoms with Gasteiger partial charge < -0.3 is 10.2 Å². The largest absolute Gasteiger partial charge is 0.324 e. The Morgan fingerprint density at radius 3 is 2.70 bits per heavy atom. The van der Waals surface area contributed by atoms with E-state index in [4.69, 9.17) is 0 Å². The number of benzene rings is 2. The number of hydrogen-bond donors (Lipinski definition) is 1. The Bertz CT molecular complexity index is 1030. The van der Waals surface area contributed by atoms with Crippen LogP contribution in [0.2, 0.25) is 0 Å². The summed E-state index contributed by atoms with van der Waals surface area (Å²) in [5.41, 5.74) is 6.63. The zero-order valence-corrected chi connectivity index (χ0v) is 15.8. The third-order valence-electron chi connectivity index (χ3n) is 5.06. The lowest BCUT2D eigenvalue weighted by Crippen LogP contribution is -2.30. The third kappa shape index (κ3) is 3.28. The minimum Gasteiger partial charge on any atom is -0.324 e. The lowest BCUT2D eigenvalue weighted by Gasteiger charge is -2.18. The fourth-order valence-electron chi connectivity index (χ4n) is 3.43. The van der Waals surface area contributed by atoms with Crippen LogP contribution in [0.5, 0.6) is 0 Å². The molecule has 1 aromatic heterocycles. The van der Waals surface area contributed by atoms with Crippen molar-refractivity contribution in [2.45, 2.75) is 27.2 Å². The van der Waals surface area contributed by atoms with Crippen molar-refractivity contribution < 1.29 is 4.79 Å². The van der Waals surface area contributed by atoms with E-state index in [2.05, 4.69) is 41.3 Å². The van der Waals surface area contributed by atoms with Crippen LogP contribution in [0.4, 0.5) is 17.3 Å². The first-order valence-corrected chi connectivity index (χ1v) is 9.11. The lowest BCUT2D eigenvalue weighted by molar-refractivity contribution is 0.0984. The minimum absolute atomic E-state index is 0.0885. The summed E-state index contributed by atoms with van der Waals surface area (Å²) in [6.07, 6.45) is 0.875. The Hall–Kier alpha value is -3.21. The molecule has 1 aliphatic rings. The highest BCUT2D eigenvalue weighted by Gasteiger charge is 2.26. The van der Waals surface area contributed by atoms with E-state index in [0.29, 0.717) is 18.2 Å². The number of anilines is 3. The van der Waals surface area contributed by atoms with Crippen LogP contribution in [-0.2, 0) is 6.42 Å². The molecule has 3 aromatic rings. The van der Waals surface area contributed by atoms with Gasteiger partial charge in [0, 0.05) is 23.6 Å². The van der Waals surface area contributed by atoms with Crippen LogP contribution in [0, 0.1) is 20.8 Å². The first-order valence-electron chi connectivity index (χ1n) is 9.11. The van der Waals surface area contributed by atoms with Gasteiger partial charge in [-0.1, -0.05) is 30.3 Å². The Morgan fingerprint density at radius 2 is 1.85 bits per heavy atom. The predicted molar refractivity (Wildman–Crippen MR) is 108 cm³/mol. The standard InChI is InChI=1S/C22H22N4O/c1-14-7-6-9-18(16(14)3)24-22-23-15(2)13-19(25-22)21(27)26-12-11-17-8-4-5-10-20(17)26/h4-10,13H,11-12H2,1-3H3,(H,23,24,25). The maximum absolute atomic E-state index is 13.1. The lowest BCUT2D eigenvalue weighted by atomic mass is 10.1. The molecule has 0 radical (unpaired) electrons. The number of carbonyl (C=O) groups is 1. The van der Waals surface area contributed by atoms with Gasteiger partial charge in [-0.2, -0.15) is 0 Å². The fourth-order valence-corrected chi connectivity index (χ4v) is 3.43. The van der Waals surface area contributed by atoms with Gasteiger partial charge in [-0.25, -0.2) is 9.97 Å². The summed E-state index contributed by atoms with van der Waals surface area (Å²) >= 11 is 0. The molecule has 2 heterocycles. The highest BCUT2D eigenvalue weighted by molar-refractivity contribution is 6.06. The van der Waals surface area contributed by atoms with Gasteiger partial charge in [0.2, 0.25) is 5.95 Å². The van der Waals surface area contributed by atoms with Crippen LogP contribution in [0.25, 0.3) is 0 Å². The van der Waals surface area contributed by atoms with Crippen molar-refractivity contribution in [3.63, 3.8) is 0 Å². The maximum Gasteiger partial charge on any atom is 0.277 e. The van der Waals surface area contributed by atoms with Crippen molar-refractivity contribution in [2.75, 3.05) is 16.8 Å². The molecule has 136 valence electrons. The van der Waals surface area contributed by atoms with E-state index in [1.165, 1.54) is 11.1 Å². The number of aryl methyl sites for hydroxylation is 2. The summed E-state index contributed by atoms with van der Waals surface area (Å²) in [6.45, 7) is 6.68. The summed E-state index contributed by atoms with van der Waals surface area (Å²) in [5.74, 6) is 0.356. The minimum atomic E-state index is -0.0885. The number of amides is 1. The molecule has 1 N–H and O–H groups in total. The molecule has 0 unspecified atom stereocenters. The van der Waals surface area contributed by atoms with Crippen molar-refractivity contribution in [3.8, 4) is 0 Å². The van der Waals surface area contributed by atoms with Gasteiger partial charge >= 0.3 is 0 Å². The molecular weight excluding hydrogens is 336 g/mol. The van der Waals surface area contributed by atoms with Crippen molar-refractivity contribution in [3.05, 3.63) is 76.6 Å². The number of carbonyl (C=O) groups excluding carboxylic acids is 1. The van der Waals surface area contributed by atoms with Crippen molar-refractivity contribution in [2.24, 2.45) is 0 Å². The second-order valence-corrected chi connectivity index (χ2v) is 6.93. The average Bonchev–Trinajstić information content (AvgIpc) is 3.08. The quantitative estimate of drug-likeness (QED) is 0.756. The number of nitrogens with zero attached hydrogens (tertiary/aromatic N) is 3. The maximum atomic E-state index is 13.1. The summed E-state index contributed by atoms with van der Waals surface area (Å²) in [7, 11) is 0. The van der Waals surface area contributed by atoms with Crippen molar-refractivity contribution in [1.82, 2.24) is 9.97 Å². The first-order chi connectivity index (χ1) is 13.0. The zero-order chi connectivity index (χ0) is 19.0. The van der Waals surface area contributed by atoms with Crippen LogP contribution in [-0.4, -0.2) is 22.4 Å². The molecule has 0 bridgehead atoms. The highest BCUT2D eigenvalue weighted by Crippen LogP contribution is 2.29. The van der Waals surface area contributed by atoms with Gasteiger partial charge in [-0.15, -0.1) is 0 Å². The van der Waals surface area contributed by atoms with Gasteiger partial charge in [0.25, 0.3) is 5.91 Å². The number of rotatable bonds is 3. The van der Waals surface area contributed by atoms with E-state index >= 15 is 0 Å². The molecule has 0 atom stereocenters. The van der Waals surface area contributed by atoms with E-state index in [9.17, 15) is 4.79 Å². The number of aromatic nitrogens is 2. The molecule has 0 saturated carbocycles. The Balaban J connectivity index is 1.65. The monoisotopic (exact) mass is 358 g/mol. The molecule has 27 heavy (non-hydrogen) atoms. The van der Waals surface area contributed by atoms with Crippen molar-refractivity contribution in [1.29, 1.82) is 0 Å². The second kappa shape index (κ2) is 6.83. The molecule has 5 heteroatoms. The molecule has 0 fully saturated rings. The van der Waals surface area contributed by atoms with E-state index < -0.39 is 0 Å². The number of nitrogens with one attached hydrogen (secondary N) is 1. The molecule has 1 aliphatic heterocycles. The average molecular weight is 358 g/mol. The van der Waals surface area contributed by atoms with E-state index in [1.807, 2.05) is 37.3 Å². The van der Waals surface area contributed by atoms with E-state index in [-0.39, 0.29) is 5.91 Å². The molecule has 5 nitrogen and oxygen atoms in total. The van der Waals surface area contributed by atoms with Crippen molar-refractivity contribution >= 4 is 23.2 Å². The molecule has 0 spiro atoms. The number of fused-ring (bicyclic) bond motifs is 1. The SMILES string of the molecule is Cc1cc(C(=O)N2CCc3ccccc32)nc(Nc2cccc(C)c2C)n1. The van der Waals surface area contributed by atoms with E-state index in [0.717, 1.165) is 29.1 Å². The molecule has 2 aromatic carbocycles. The normalized spacial score (nSPS) is 12.8. The van der Waals surface area contributed by atoms with Crippen LogP contribution in [0.15, 0.2) is 48.5 Å². The van der Waals surface area contributed by atoms with Gasteiger partial charge in [0.1, 0.15) is 5.69 Å². The smallest absolute Gasteiger partial charge is 0.277 e. The van der Waals surface area contributed by atoms with Crippen LogP contribution in [0.3, 0.4) is 0 Å². The topological polar surface area (TPSA) is 58.1 Å². The first kappa shape index (κ1) is 17.2. The molecule has 0 aliphatic carbocycles. The predicted octanol–water partition coefficient (Wildman–Crippen LogP) is 4.35. The summed E-state index contributed by atoms with van der Waals surface area (Å²) in [5, 5.41) is 3.27. The second-order valence-electron chi connectivity index (χ2n) is 6.93. The molecule has 4 rings (SSSR count). The van der Waals surface area contributed by atoms with Gasteiger partial charge in [0.15, 0.2) is 0 Å². The van der Waals surface area contributed by atoms with Crippen LogP contribution >= 0.6 is 0 Å². The summed E-state index contributed by atoms with van der Waals surface area (Å²) in [4.78, 5) is 23.9. The molecular formula is C22H22N4O. The molecule has 0 saturated heterocycles. The summed E-state index contributed by atoms with van der Waals surface area (Å²) in [6, 6.07) is 15.8. The number of para-hydroxylation sites is 1.